The van der Waals surface area contributed by atoms with Crippen LogP contribution in [-0.4, -0.2) is 37.6 Å². The molecular weight excluding hydrogens is 220 g/mol. The maximum Gasteiger partial charge on any atom is 0.242 e. The van der Waals surface area contributed by atoms with Gasteiger partial charge >= 0.3 is 0 Å². The molecule has 0 aromatic rings. The third-order valence-electron chi connectivity index (χ3n) is 2.23. The first-order valence-electron chi connectivity index (χ1n) is 5.78. The van der Waals surface area contributed by atoms with Crippen molar-refractivity contribution >= 4 is 11.8 Å². The molecule has 0 aromatic heterocycles. The van der Waals surface area contributed by atoms with Crippen molar-refractivity contribution in [3.8, 4) is 0 Å². The van der Waals surface area contributed by atoms with E-state index >= 15 is 0 Å². The largest absolute Gasteiger partial charge is 0.383 e. The second-order valence-electron chi connectivity index (χ2n) is 5.31. The van der Waals surface area contributed by atoms with Crippen LogP contribution in [0.5, 0.6) is 0 Å². The van der Waals surface area contributed by atoms with Gasteiger partial charge in [-0.2, -0.15) is 0 Å². The van der Waals surface area contributed by atoms with Crippen molar-refractivity contribution in [3.63, 3.8) is 0 Å². The van der Waals surface area contributed by atoms with Crippen molar-refractivity contribution in [2.75, 3.05) is 13.7 Å². The van der Waals surface area contributed by atoms with E-state index in [0.717, 1.165) is 0 Å². The number of hydrogen-bond donors (Lipinski definition) is 2. The zero-order valence-electron chi connectivity index (χ0n) is 11.6. The van der Waals surface area contributed by atoms with Gasteiger partial charge in [0, 0.05) is 18.6 Å². The van der Waals surface area contributed by atoms with Crippen LogP contribution >= 0.6 is 0 Å². The van der Waals surface area contributed by atoms with Crippen LogP contribution in [0, 0.1) is 5.41 Å². The maximum absolute atomic E-state index is 11.7. The van der Waals surface area contributed by atoms with Gasteiger partial charge in [-0.05, 0) is 13.8 Å². The summed E-state index contributed by atoms with van der Waals surface area (Å²) in [6, 6.07) is -0.609. The van der Waals surface area contributed by atoms with Gasteiger partial charge in [-0.1, -0.05) is 20.8 Å². The van der Waals surface area contributed by atoms with Crippen LogP contribution in [0.3, 0.4) is 0 Å². The topological polar surface area (TPSA) is 67.4 Å². The lowest BCUT2D eigenvalue weighted by molar-refractivity contribution is -0.133. The predicted molar refractivity (Wildman–Crippen MR) is 66.5 cm³/mol. The second-order valence-corrected chi connectivity index (χ2v) is 5.31. The molecule has 100 valence electrons. The smallest absolute Gasteiger partial charge is 0.242 e. The molecule has 0 bridgehead atoms. The highest BCUT2D eigenvalue weighted by Gasteiger charge is 2.25. The highest BCUT2D eigenvalue weighted by molar-refractivity contribution is 5.89. The fourth-order valence-corrected chi connectivity index (χ4v) is 1.14. The molecule has 0 radical (unpaired) electrons. The number of methoxy groups -OCH3 is 1. The molecule has 0 saturated carbocycles. The molecule has 0 aliphatic carbocycles. The number of carbonyl (C=O) groups excluding carboxylic acids is 2. The molecular formula is C12H24N2O3. The molecule has 2 amide bonds. The molecule has 0 spiro atoms. The Kier molecular flexibility index (Phi) is 6.16. The summed E-state index contributed by atoms with van der Waals surface area (Å²) < 4.78 is 4.92. The summed E-state index contributed by atoms with van der Waals surface area (Å²) in [7, 11) is 1.58. The zero-order valence-corrected chi connectivity index (χ0v) is 11.6. The van der Waals surface area contributed by atoms with Gasteiger partial charge in [-0.3, -0.25) is 9.59 Å². The van der Waals surface area contributed by atoms with Crippen molar-refractivity contribution in [2.45, 2.75) is 46.7 Å². The molecule has 5 nitrogen and oxygen atoms in total. The van der Waals surface area contributed by atoms with E-state index < -0.39 is 11.5 Å². The van der Waals surface area contributed by atoms with Gasteiger partial charge in [-0.25, -0.2) is 0 Å². The first-order chi connectivity index (χ1) is 7.68. The Hall–Kier alpha value is -1.10. The lowest BCUT2D eigenvalue weighted by atomic mass is 9.95. The van der Waals surface area contributed by atoms with Gasteiger partial charge in [0.05, 0.1) is 6.61 Å². The minimum Gasteiger partial charge on any atom is -0.383 e. The average Bonchev–Trinajstić information content (AvgIpc) is 2.16. The number of carbonyl (C=O) groups is 2. The quantitative estimate of drug-likeness (QED) is 0.747. The molecule has 5 heteroatoms. The van der Waals surface area contributed by atoms with Crippen LogP contribution in [0.1, 0.15) is 34.6 Å². The number of ether oxygens (including phenoxy) is 1. The van der Waals surface area contributed by atoms with Crippen molar-refractivity contribution in [1.82, 2.24) is 10.6 Å². The predicted octanol–water partition coefficient (Wildman–Crippen LogP) is 0.688. The van der Waals surface area contributed by atoms with E-state index in [2.05, 4.69) is 10.6 Å². The zero-order chi connectivity index (χ0) is 13.6. The molecule has 0 aromatic carbocycles. The van der Waals surface area contributed by atoms with Gasteiger partial charge in [-0.15, -0.1) is 0 Å². The number of nitrogens with one attached hydrogen (secondary N) is 2. The van der Waals surface area contributed by atoms with Crippen molar-refractivity contribution in [3.05, 3.63) is 0 Å². The SMILES string of the molecule is COCC(C)NC(=O)C(C)NC(=O)C(C)(C)C. The lowest BCUT2D eigenvalue weighted by Crippen LogP contribution is -2.50. The average molecular weight is 244 g/mol. The minimum absolute atomic E-state index is 0.0681. The van der Waals surface area contributed by atoms with Crippen LogP contribution in [0.4, 0.5) is 0 Å². The Balaban J connectivity index is 4.19. The molecule has 2 atom stereocenters. The summed E-state index contributed by atoms with van der Waals surface area (Å²) in [5.74, 6) is -0.341. The molecule has 0 fully saturated rings. The van der Waals surface area contributed by atoms with Gasteiger partial charge in [0.1, 0.15) is 6.04 Å². The number of amides is 2. The Morgan fingerprint density at radius 1 is 1.18 bits per heavy atom. The summed E-state index contributed by atoms with van der Waals surface area (Å²) in [4.78, 5) is 23.4. The summed E-state index contributed by atoms with van der Waals surface area (Å²) in [5.41, 5.74) is -0.493. The molecule has 2 unspecified atom stereocenters. The van der Waals surface area contributed by atoms with Crippen LogP contribution < -0.4 is 10.6 Å². The van der Waals surface area contributed by atoms with Gasteiger partial charge in [0.15, 0.2) is 0 Å². The molecule has 17 heavy (non-hydrogen) atoms. The Bertz CT molecular complexity index is 271. The fourth-order valence-electron chi connectivity index (χ4n) is 1.14. The van der Waals surface area contributed by atoms with Crippen LogP contribution in [0.2, 0.25) is 0 Å². The molecule has 0 heterocycles. The highest BCUT2D eigenvalue weighted by Crippen LogP contribution is 2.12. The van der Waals surface area contributed by atoms with E-state index in [1.807, 2.05) is 6.92 Å². The molecule has 0 aliphatic rings. The summed E-state index contributed by atoms with van der Waals surface area (Å²) in [6.07, 6.45) is 0. The highest BCUT2D eigenvalue weighted by atomic mass is 16.5. The van der Waals surface area contributed by atoms with E-state index in [4.69, 9.17) is 4.74 Å². The van der Waals surface area contributed by atoms with E-state index in [1.165, 1.54) is 0 Å². The maximum atomic E-state index is 11.7. The van der Waals surface area contributed by atoms with E-state index in [0.29, 0.717) is 6.61 Å². The first kappa shape index (κ1) is 15.9. The summed E-state index contributed by atoms with van der Waals surface area (Å²) in [6.45, 7) is 9.38. The van der Waals surface area contributed by atoms with Crippen LogP contribution in [0.25, 0.3) is 0 Å². The Labute approximate surface area is 103 Å². The monoisotopic (exact) mass is 244 g/mol. The molecule has 0 rings (SSSR count). The molecule has 2 N–H and O–H groups in total. The first-order valence-corrected chi connectivity index (χ1v) is 5.78. The normalized spacial score (nSPS) is 14.9. The van der Waals surface area contributed by atoms with Gasteiger partial charge in [0.2, 0.25) is 11.8 Å². The van der Waals surface area contributed by atoms with Crippen LogP contribution in [0.15, 0.2) is 0 Å². The van der Waals surface area contributed by atoms with Gasteiger partial charge < -0.3 is 15.4 Å². The lowest BCUT2D eigenvalue weighted by Gasteiger charge is -2.22. The van der Waals surface area contributed by atoms with Gasteiger partial charge in [0.25, 0.3) is 0 Å². The van der Waals surface area contributed by atoms with E-state index in [1.54, 1.807) is 34.8 Å². The fraction of sp³-hybridized carbons (Fsp3) is 0.833. The number of rotatable bonds is 5. The third kappa shape index (κ3) is 6.26. The van der Waals surface area contributed by atoms with Crippen molar-refractivity contribution in [2.24, 2.45) is 5.41 Å². The second kappa shape index (κ2) is 6.59. The van der Waals surface area contributed by atoms with Crippen molar-refractivity contribution in [1.29, 1.82) is 0 Å². The number of hydrogen-bond acceptors (Lipinski definition) is 3. The summed E-state index contributed by atoms with van der Waals surface area (Å²) >= 11 is 0. The molecule has 0 aliphatic heterocycles. The van der Waals surface area contributed by atoms with Crippen LogP contribution in [-0.2, 0) is 14.3 Å². The van der Waals surface area contributed by atoms with E-state index in [-0.39, 0.29) is 17.9 Å². The standard InChI is InChI=1S/C12H24N2O3/c1-8(7-17-6)13-10(15)9(2)14-11(16)12(3,4)5/h8-9H,7H2,1-6H3,(H,13,15)(H,14,16). The molecule has 0 saturated heterocycles. The van der Waals surface area contributed by atoms with E-state index in [9.17, 15) is 9.59 Å². The van der Waals surface area contributed by atoms with Crippen molar-refractivity contribution < 1.29 is 14.3 Å². The summed E-state index contributed by atoms with van der Waals surface area (Å²) in [5, 5.41) is 5.43. The third-order valence-corrected chi connectivity index (χ3v) is 2.23. The minimum atomic E-state index is -0.541. The Morgan fingerprint density at radius 3 is 2.12 bits per heavy atom. The Morgan fingerprint density at radius 2 is 1.71 bits per heavy atom.